The maximum atomic E-state index is 14.8. The Kier molecular flexibility index (Phi) is 3.96. The molecule has 0 aliphatic carbocycles. The van der Waals surface area contributed by atoms with E-state index < -0.39 is 42.0 Å². The number of aliphatic hydroxyl groups is 2. The highest BCUT2D eigenvalue weighted by Gasteiger charge is 2.57. The van der Waals surface area contributed by atoms with E-state index in [9.17, 15) is 19.1 Å². The van der Waals surface area contributed by atoms with Crippen LogP contribution in [0.25, 0.3) is 0 Å². The molecule has 0 aromatic carbocycles. The summed E-state index contributed by atoms with van der Waals surface area (Å²) in [7, 11) is 0. The Morgan fingerprint density at radius 1 is 1.60 bits per heavy atom. The molecule has 0 radical (unpaired) electrons. The van der Waals surface area contributed by atoms with Crippen molar-refractivity contribution in [2.45, 2.75) is 24.1 Å². The first-order valence-electron chi connectivity index (χ1n) is 5.51. The van der Waals surface area contributed by atoms with Crippen molar-refractivity contribution in [1.29, 1.82) is 0 Å². The van der Waals surface area contributed by atoms with Crippen molar-refractivity contribution in [3.63, 3.8) is 0 Å². The molecule has 2 unspecified atom stereocenters. The summed E-state index contributed by atoms with van der Waals surface area (Å²) in [5, 5.41) is 20.6. The lowest BCUT2D eigenvalue weighted by Gasteiger charge is -2.23. The lowest BCUT2D eigenvalue weighted by molar-refractivity contribution is -0.0543. The number of aromatic amines is 1. The van der Waals surface area contributed by atoms with Gasteiger partial charge in [-0.2, -0.15) is 0 Å². The van der Waals surface area contributed by atoms with Gasteiger partial charge in [-0.3, -0.25) is 14.3 Å². The van der Waals surface area contributed by atoms with Crippen LogP contribution in [0, 0.1) is 11.3 Å². The summed E-state index contributed by atoms with van der Waals surface area (Å²) in [6, 6.07) is 0.984. The number of H-pyrrole nitrogens is 1. The molecule has 2 rings (SSSR count). The summed E-state index contributed by atoms with van der Waals surface area (Å²) >= 11 is 5.17. The molecule has 1 aromatic rings. The fourth-order valence-corrected chi connectivity index (χ4v) is 2.13. The van der Waals surface area contributed by atoms with Crippen LogP contribution in [-0.4, -0.2) is 44.2 Å². The van der Waals surface area contributed by atoms with E-state index in [-0.39, 0.29) is 0 Å². The first-order chi connectivity index (χ1) is 9.43. The van der Waals surface area contributed by atoms with Crippen LogP contribution in [0.5, 0.6) is 0 Å². The maximum absolute atomic E-state index is 14.8. The molecule has 7 nitrogen and oxygen atoms in total. The standard InChI is InChI=1S/C11H10ClFN2O5/c12-3-2-11(13)8(18)6(5-16)20-9(11)15-4-1-7(17)14-10(15)19/h1,4,6,8-9,16,18H,5H2,(H,14,17,19)/t6?,8-,9+,11?/m0/s1. The minimum Gasteiger partial charge on any atom is -0.394 e. The zero-order valence-corrected chi connectivity index (χ0v) is 10.7. The molecule has 9 heteroatoms. The summed E-state index contributed by atoms with van der Waals surface area (Å²) < 4.78 is 20.6. The van der Waals surface area contributed by atoms with Crippen LogP contribution >= 0.6 is 11.6 Å². The quantitative estimate of drug-likeness (QED) is 0.589. The van der Waals surface area contributed by atoms with Gasteiger partial charge in [0.25, 0.3) is 5.56 Å². The summed E-state index contributed by atoms with van der Waals surface area (Å²) in [6.45, 7) is -0.675. The van der Waals surface area contributed by atoms with E-state index in [0.29, 0.717) is 0 Å². The molecule has 0 amide bonds. The molecule has 3 N–H and O–H groups in total. The Hall–Kier alpha value is -1.66. The SMILES string of the molecule is O=c1ccn([C@@H]2OC(CO)[C@H](O)C2(F)C#CCl)c(=O)[nH]1. The number of rotatable bonds is 2. The number of aromatic nitrogens is 2. The number of hydrogen-bond donors (Lipinski definition) is 3. The van der Waals surface area contributed by atoms with Crippen molar-refractivity contribution in [2.24, 2.45) is 0 Å². The van der Waals surface area contributed by atoms with E-state index in [4.69, 9.17) is 21.4 Å². The lowest BCUT2D eigenvalue weighted by atomic mass is 9.97. The summed E-state index contributed by atoms with van der Waals surface area (Å²) in [5.41, 5.74) is -4.31. The normalized spacial score (nSPS) is 32.7. The van der Waals surface area contributed by atoms with Crippen molar-refractivity contribution < 1.29 is 19.3 Å². The topological polar surface area (TPSA) is 105 Å². The van der Waals surface area contributed by atoms with Crippen molar-refractivity contribution in [2.75, 3.05) is 6.61 Å². The third-order valence-corrected chi connectivity index (χ3v) is 3.06. The van der Waals surface area contributed by atoms with Crippen LogP contribution < -0.4 is 11.2 Å². The Morgan fingerprint density at radius 2 is 2.30 bits per heavy atom. The van der Waals surface area contributed by atoms with Crippen molar-refractivity contribution in [3.8, 4) is 11.3 Å². The van der Waals surface area contributed by atoms with Gasteiger partial charge in [0.2, 0.25) is 5.67 Å². The fourth-order valence-electron chi connectivity index (χ4n) is 1.99. The van der Waals surface area contributed by atoms with Crippen molar-refractivity contribution >= 4 is 11.6 Å². The van der Waals surface area contributed by atoms with Gasteiger partial charge in [0.1, 0.15) is 12.2 Å². The molecule has 1 saturated heterocycles. The Balaban J connectivity index is 2.55. The van der Waals surface area contributed by atoms with Gasteiger partial charge in [-0.25, -0.2) is 9.18 Å². The number of hydrogen-bond acceptors (Lipinski definition) is 5. The van der Waals surface area contributed by atoms with E-state index in [1.54, 1.807) is 5.38 Å². The van der Waals surface area contributed by atoms with Gasteiger partial charge in [-0.15, -0.1) is 0 Å². The van der Waals surface area contributed by atoms with E-state index in [1.807, 2.05) is 10.9 Å². The predicted octanol–water partition coefficient (Wildman–Crippen LogP) is -1.30. The van der Waals surface area contributed by atoms with Crippen molar-refractivity contribution in [1.82, 2.24) is 9.55 Å². The van der Waals surface area contributed by atoms with Gasteiger partial charge in [0.15, 0.2) is 6.23 Å². The smallest absolute Gasteiger partial charge is 0.330 e. The highest BCUT2D eigenvalue weighted by atomic mass is 35.5. The number of aliphatic hydroxyl groups excluding tert-OH is 2. The highest BCUT2D eigenvalue weighted by molar-refractivity contribution is 6.30. The second-order valence-electron chi connectivity index (χ2n) is 4.16. The molecule has 1 aromatic heterocycles. The number of halogens is 2. The van der Waals surface area contributed by atoms with Gasteiger partial charge in [0.05, 0.1) is 6.61 Å². The third-order valence-electron chi connectivity index (χ3n) is 2.97. The molecule has 1 fully saturated rings. The minimum absolute atomic E-state index is 0.670. The molecular weight excluding hydrogens is 295 g/mol. The van der Waals surface area contributed by atoms with Crippen molar-refractivity contribution in [3.05, 3.63) is 33.1 Å². The van der Waals surface area contributed by atoms with Crippen LogP contribution in [-0.2, 0) is 4.74 Å². The average molecular weight is 305 g/mol. The zero-order valence-electron chi connectivity index (χ0n) is 9.92. The Bertz CT molecular complexity index is 678. The Morgan fingerprint density at radius 3 is 2.85 bits per heavy atom. The van der Waals surface area contributed by atoms with Crippen LogP contribution in [0.2, 0.25) is 0 Å². The molecule has 0 bridgehead atoms. The molecule has 108 valence electrons. The first-order valence-corrected chi connectivity index (χ1v) is 5.89. The number of nitrogens with zero attached hydrogens (tertiary/aromatic N) is 1. The number of alkyl halides is 1. The van der Waals surface area contributed by atoms with Crippen LogP contribution in [0.1, 0.15) is 6.23 Å². The molecule has 1 aliphatic heterocycles. The molecule has 0 spiro atoms. The Labute approximate surface area is 116 Å². The summed E-state index contributed by atoms with van der Waals surface area (Å²) in [5.74, 6) is 1.94. The van der Waals surface area contributed by atoms with Gasteiger partial charge < -0.3 is 14.9 Å². The first kappa shape index (κ1) is 14.7. The van der Waals surface area contributed by atoms with Gasteiger partial charge in [-0.1, -0.05) is 0 Å². The summed E-state index contributed by atoms with van der Waals surface area (Å²) in [6.07, 6.45) is -3.73. The average Bonchev–Trinajstić information content (AvgIpc) is 2.63. The molecule has 4 atom stereocenters. The second-order valence-corrected chi connectivity index (χ2v) is 4.35. The molecular formula is C11H10ClFN2O5. The fraction of sp³-hybridized carbons (Fsp3) is 0.455. The molecule has 20 heavy (non-hydrogen) atoms. The molecule has 1 aliphatic rings. The zero-order chi connectivity index (χ0) is 14.9. The third kappa shape index (κ3) is 2.25. The van der Waals surface area contributed by atoms with Gasteiger partial charge >= 0.3 is 5.69 Å². The van der Waals surface area contributed by atoms with Gasteiger partial charge in [-0.05, 0) is 17.5 Å². The van der Waals surface area contributed by atoms with Crippen LogP contribution in [0.4, 0.5) is 4.39 Å². The lowest BCUT2D eigenvalue weighted by Crippen LogP contribution is -2.45. The number of nitrogens with one attached hydrogen (secondary N) is 1. The summed E-state index contributed by atoms with van der Waals surface area (Å²) in [4.78, 5) is 24.6. The maximum Gasteiger partial charge on any atom is 0.330 e. The van der Waals surface area contributed by atoms with E-state index >= 15 is 0 Å². The second kappa shape index (κ2) is 5.38. The van der Waals surface area contributed by atoms with Crippen LogP contribution in [0.3, 0.4) is 0 Å². The molecule has 2 heterocycles. The van der Waals surface area contributed by atoms with Crippen LogP contribution in [0.15, 0.2) is 21.9 Å². The monoisotopic (exact) mass is 304 g/mol. The van der Waals surface area contributed by atoms with E-state index in [2.05, 4.69) is 0 Å². The predicted molar refractivity (Wildman–Crippen MR) is 65.8 cm³/mol. The molecule has 0 saturated carbocycles. The van der Waals surface area contributed by atoms with Gasteiger partial charge in [0, 0.05) is 17.6 Å². The van der Waals surface area contributed by atoms with E-state index in [0.717, 1.165) is 16.8 Å². The minimum atomic E-state index is -2.70. The largest absolute Gasteiger partial charge is 0.394 e. The number of ether oxygens (including phenoxy) is 1. The highest BCUT2D eigenvalue weighted by Crippen LogP contribution is 2.40. The van der Waals surface area contributed by atoms with E-state index in [1.165, 1.54) is 0 Å².